The van der Waals surface area contributed by atoms with E-state index in [4.69, 9.17) is 23.2 Å². The van der Waals surface area contributed by atoms with E-state index in [9.17, 15) is 31.2 Å². The van der Waals surface area contributed by atoms with Crippen molar-refractivity contribution in [3.05, 3.63) is 130 Å². The third kappa shape index (κ3) is 8.39. The topological polar surface area (TPSA) is 86.8 Å². The van der Waals surface area contributed by atoms with E-state index in [0.717, 1.165) is 17.0 Å². The van der Waals surface area contributed by atoms with Crippen molar-refractivity contribution in [3.8, 4) is 0 Å². The highest BCUT2D eigenvalue weighted by molar-refractivity contribution is 7.92. The number of likely N-dealkylation sites (N-methyl/N-ethyl adjacent to an activating group) is 1. The van der Waals surface area contributed by atoms with Crippen LogP contribution in [0.3, 0.4) is 0 Å². The molecule has 0 aliphatic carbocycles. The van der Waals surface area contributed by atoms with Gasteiger partial charge in [-0.3, -0.25) is 13.9 Å². The highest BCUT2D eigenvalue weighted by Gasteiger charge is 2.36. The average molecular weight is 693 g/mol. The molecule has 4 aromatic rings. The van der Waals surface area contributed by atoms with Gasteiger partial charge in [-0.25, -0.2) is 8.42 Å². The average Bonchev–Trinajstić information content (AvgIpc) is 3.03. The Morgan fingerprint density at radius 1 is 0.848 bits per heavy atom. The molecule has 1 N–H and O–H groups in total. The number of hydrogen-bond acceptors (Lipinski definition) is 4. The molecule has 0 radical (unpaired) electrons. The Balaban J connectivity index is 1.86. The maximum atomic E-state index is 14.4. The van der Waals surface area contributed by atoms with Gasteiger partial charge in [0, 0.05) is 35.1 Å². The predicted octanol–water partition coefficient (Wildman–Crippen LogP) is 6.98. The molecule has 0 heterocycles. The molecule has 4 rings (SSSR count). The van der Waals surface area contributed by atoms with Gasteiger partial charge in [0.25, 0.3) is 10.0 Å². The summed E-state index contributed by atoms with van der Waals surface area (Å²) in [6, 6.07) is 23.1. The number of anilines is 1. The highest BCUT2D eigenvalue weighted by atomic mass is 35.5. The predicted molar refractivity (Wildman–Crippen MR) is 172 cm³/mol. The molecule has 0 saturated carbocycles. The molecular weight excluding hydrogens is 662 g/mol. The van der Waals surface area contributed by atoms with Crippen LogP contribution in [0, 0.1) is 0 Å². The number of benzene rings is 4. The van der Waals surface area contributed by atoms with Crippen molar-refractivity contribution in [2.45, 2.75) is 37.0 Å². The molecule has 0 aliphatic heterocycles. The van der Waals surface area contributed by atoms with E-state index in [1.807, 2.05) is 0 Å². The zero-order valence-electron chi connectivity index (χ0n) is 24.5. The highest BCUT2D eigenvalue weighted by Crippen LogP contribution is 2.34. The van der Waals surface area contributed by atoms with Crippen LogP contribution >= 0.6 is 23.2 Å². The summed E-state index contributed by atoms with van der Waals surface area (Å²) in [6.45, 7) is 0.702. The van der Waals surface area contributed by atoms with E-state index in [0.29, 0.717) is 21.5 Å². The van der Waals surface area contributed by atoms with Crippen LogP contribution in [0.1, 0.15) is 23.6 Å². The minimum atomic E-state index is -4.78. The van der Waals surface area contributed by atoms with Crippen LogP contribution in [0.25, 0.3) is 0 Å². The number of sulfonamides is 1. The molecule has 242 valence electrons. The van der Waals surface area contributed by atoms with Gasteiger partial charge in [-0.1, -0.05) is 83.9 Å². The molecule has 13 heteroatoms. The Hall–Kier alpha value is -4.06. The van der Waals surface area contributed by atoms with Crippen molar-refractivity contribution in [2.24, 2.45) is 0 Å². The number of halogens is 5. The monoisotopic (exact) mass is 691 g/mol. The fourth-order valence-electron chi connectivity index (χ4n) is 4.79. The van der Waals surface area contributed by atoms with Gasteiger partial charge in [-0.2, -0.15) is 13.2 Å². The van der Waals surface area contributed by atoms with E-state index in [1.165, 1.54) is 30.3 Å². The SMILES string of the molecule is CCNC(=O)[C@@H](Cc1ccccc1)N(Cc1c(Cl)cccc1Cl)C(=O)CN(c1cccc(C(F)(F)F)c1)S(=O)(=O)c1ccccc1. The van der Waals surface area contributed by atoms with Crippen LogP contribution < -0.4 is 9.62 Å². The summed E-state index contributed by atoms with van der Waals surface area (Å²) in [7, 11) is -4.58. The minimum absolute atomic E-state index is 0.0372. The molecular formula is C33H30Cl2F3N3O4S. The van der Waals surface area contributed by atoms with Gasteiger partial charge in [0.05, 0.1) is 16.1 Å². The quantitative estimate of drug-likeness (QED) is 0.174. The maximum Gasteiger partial charge on any atom is 0.416 e. The van der Waals surface area contributed by atoms with E-state index >= 15 is 0 Å². The van der Waals surface area contributed by atoms with Crippen molar-refractivity contribution < 1.29 is 31.2 Å². The molecule has 0 unspecified atom stereocenters. The Morgan fingerprint density at radius 3 is 2.02 bits per heavy atom. The summed E-state index contributed by atoms with van der Waals surface area (Å²) < 4.78 is 69.7. The first-order valence-electron chi connectivity index (χ1n) is 14.1. The summed E-state index contributed by atoms with van der Waals surface area (Å²) >= 11 is 12.9. The minimum Gasteiger partial charge on any atom is -0.355 e. The Bertz CT molecular complexity index is 1760. The molecule has 46 heavy (non-hydrogen) atoms. The molecule has 7 nitrogen and oxygen atoms in total. The fraction of sp³-hybridized carbons (Fsp3) is 0.212. The van der Waals surface area contributed by atoms with Crippen molar-refractivity contribution >= 4 is 50.7 Å². The fourth-order valence-corrected chi connectivity index (χ4v) is 6.73. The maximum absolute atomic E-state index is 14.4. The standard InChI is InChI=1S/C33H30Cl2F3N3O4S/c1-2-39-32(43)30(19-23-11-5-3-6-12-23)40(21-27-28(34)17-10-18-29(27)35)31(42)22-41(46(44,45)26-15-7-4-8-16-26)25-14-9-13-24(20-25)33(36,37)38/h3-18,20,30H,2,19,21-22H2,1H3,(H,39,43)/t30-/m1/s1. The zero-order chi connectivity index (χ0) is 33.5. The van der Waals surface area contributed by atoms with Gasteiger partial charge in [-0.05, 0) is 55.0 Å². The normalized spacial score (nSPS) is 12.3. The van der Waals surface area contributed by atoms with E-state index in [2.05, 4.69) is 5.32 Å². The van der Waals surface area contributed by atoms with Crippen LogP contribution in [-0.4, -0.2) is 44.3 Å². The second-order valence-corrected chi connectivity index (χ2v) is 12.9. The van der Waals surface area contributed by atoms with Crippen LogP contribution in [-0.2, 0) is 38.8 Å². The number of alkyl halides is 3. The van der Waals surface area contributed by atoms with E-state index in [1.54, 1.807) is 61.5 Å². The Labute approximate surface area is 275 Å². The van der Waals surface area contributed by atoms with Gasteiger partial charge in [-0.15, -0.1) is 0 Å². The molecule has 0 bridgehead atoms. The summed E-state index contributed by atoms with van der Waals surface area (Å²) in [5.41, 5.74) is -0.485. The lowest BCUT2D eigenvalue weighted by Gasteiger charge is -2.34. The van der Waals surface area contributed by atoms with E-state index < -0.39 is 46.2 Å². The Kier molecular flexibility index (Phi) is 11.4. The molecule has 0 saturated heterocycles. The van der Waals surface area contributed by atoms with Gasteiger partial charge < -0.3 is 10.2 Å². The summed E-state index contributed by atoms with van der Waals surface area (Å²) in [5.74, 6) is -1.40. The second-order valence-electron chi connectivity index (χ2n) is 10.2. The smallest absolute Gasteiger partial charge is 0.355 e. The van der Waals surface area contributed by atoms with Crippen molar-refractivity contribution in [2.75, 3.05) is 17.4 Å². The number of hydrogen-bond donors (Lipinski definition) is 1. The lowest BCUT2D eigenvalue weighted by atomic mass is 10.0. The molecule has 0 fully saturated rings. The number of amides is 2. The van der Waals surface area contributed by atoms with Crippen LogP contribution in [0.5, 0.6) is 0 Å². The van der Waals surface area contributed by atoms with Crippen molar-refractivity contribution in [1.82, 2.24) is 10.2 Å². The van der Waals surface area contributed by atoms with Crippen LogP contribution in [0.15, 0.2) is 108 Å². The van der Waals surface area contributed by atoms with Crippen LogP contribution in [0.2, 0.25) is 10.0 Å². The number of nitrogens with one attached hydrogen (secondary N) is 1. The lowest BCUT2D eigenvalue weighted by Crippen LogP contribution is -2.53. The molecule has 0 spiro atoms. The zero-order valence-corrected chi connectivity index (χ0v) is 26.9. The van der Waals surface area contributed by atoms with Gasteiger partial charge in [0.2, 0.25) is 11.8 Å². The van der Waals surface area contributed by atoms with Crippen molar-refractivity contribution in [1.29, 1.82) is 0 Å². The van der Waals surface area contributed by atoms with Gasteiger partial charge in [0.15, 0.2) is 0 Å². The lowest BCUT2D eigenvalue weighted by molar-refractivity contribution is -0.140. The first-order chi connectivity index (χ1) is 21.8. The third-order valence-corrected chi connectivity index (χ3v) is 9.58. The first kappa shape index (κ1) is 34.8. The van der Waals surface area contributed by atoms with Crippen molar-refractivity contribution in [3.63, 3.8) is 0 Å². The summed E-state index contributed by atoms with van der Waals surface area (Å²) in [6.07, 6.45) is -4.75. The van der Waals surface area contributed by atoms with Gasteiger partial charge >= 0.3 is 6.18 Å². The number of carbonyl (C=O) groups is 2. The summed E-state index contributed by atoms with van der Waals surface area (Å²) in [4.78, 5) is 28.9. The number of carbonyl (C=O) groups excluding carboxylic acids is 2. The second kappa shape index (κ2) is 15.0. The molecule has 2 amide bonds. The molecule has 4 aromatic carbocycles. The molecule has 0 aromatic heterocycles. The van der Waals surface area contributed by atoms with E-state index in [-0.39, 0.29) is 40.1 Å². The molecule has 1 atom stereocenters. The number of rotatable bonds is 12. The largest absolute Gasteiger partial charge is 0.416 e. The summed E-state index contributed by atoms with van der Waals surface area (Å²) in [5, 5.41) is 3.13. The third-order valence-electron chi connectivity index (χ3n) is 7.08. The number of nitrogens with zero attached hydrogens (tertiary/aromatic N) is 2. The first-order valence-corrected chi connectivity index (χ1v) is 16.3. The van der Waals surface area contributed by atoms with Crippen LogP contribution in [0.4, 0.5) is 18.9 Å². The van der Waals surface area contributed by atoms with Gasteiger partial charge in [0.1, 0.15) is 12.6 Å². The molecule has 0 aliphatic rings. The Morgan fingerprint density at radius 2 is 1.43 bits per heavy atom.